The molecule has 0 bridgehead atoms. The van der Waals surface area contributed by atoms with Gasteiger partial charge < -0.3 is 13.9 Å². The quantitative estimate of drug-likeness (QED) is 0.680. The smallest absolute Gasteiger partial charge is 0.161 e. The molecular weight excluding hydrogens is 307 g/mol. The van der Waals surface area contributed by atoms with Gasteiger partial charge in [0.1, 0.15) is 18.9 Å². The average molecular weight is 330 g/mol. The molecule has 0 N–H and O–H groups in total. The molecule has 1 aromatic carbocycles. The van der Waals surface area contributed by atoms with Gasteiger partial charge in [-0.25, -0.2) is 9.37 Å². The molecule has 0 aliphatic rings. The van der Waals surface area contributed by atoms with E-state index >= 15 is 0 Å². The van der Waals surface area contributed by atoms with Crippen LogP contribution in [0.25, 0.3) is 16.9 Å². The van der Waals surface area contributed by atoms with E-state index in [9.17, 15) is 4.39 Å². The fourth-order valence-electron chi connectivity index (χ4n) is 2.34. The topological polar surface area (TPSA) is 35.8 Å². The van der Waals surface area contributed by atoms with Crippen molar-refractivity contribution in [3.8, 4) is 22.8 Å². The van der Waals surface area contributed by atoms with Crippen molar-refractivity contribution in [2.24, 2.45) is 0 Å². The molecule has 0 aliphatic heterocycles. The van der Waals surface area contributed by atoms with Gasteiger partial charge in [-0.05, 0) is 36.8 Å². The number of halogens is 1. The van der Waals surface area contributed by atoms with Gasteiger partial charge in [0.25, 0.3) is 0 Å². The highest BCUT2D eigenvalue weighted by Gasteiger charge is 2.10. The number of methoxy groups -OCH3 is 1. The lowest BCUT2D eigenvalue weighted by molar-refractivity contribution is 0.260. The van der Waals surface area contributed by atoms with Crippen LogP contribution >= 0.6 is 0 Å². The molecule has 128 valence electrons. The van der Waals surface area contributed by atoms with Crippen molar-refractivity contribution < 1.29 is 13.9 Å². The number of ether oxygens (including phenoxy) is 2. The first kappa shape index (κ1) is 17.8. The molecule has 2 aromatic heterocycles. The number of alkyl halides is 1. The number of nitrogens with zero attached hydrogens (tertiary/aromatic N) is 2. The zero-order valence-corrected chi connectivity index (χ0v) is 14.5. The van der Waals surface area contributed by atoms with Crippen LogP contribution in [0, 0.1) is 6.92 Å². The molecule has 0 radical (unpaired) electrons. The van der Waals surface area contributed by atoms with Crippen molar-refractivity contribution in [2.45, 2.75) is 20.8 Å². The first-order chi connectivity index (χ1) is 11.7. The SMILES string of the molecule is CC.COc1cc(-c2cn3cc(C)ccc3n2)ccc1OCCF. The lowest BCUT2D eigenvalue weighted by Crippen LogP contribution is -2.00. The van der Waals surface area contributed by atoms with Crippen LogP contribution in [0.4, 0.5) is 4.39 Å². The highest BCUT2D eigenvalue weighted by molar-refractivity contribution is 5.66. The Morgan fingerprint density at radius 2 is 1.88 bits per heavy atom. The van der Waals surface area contributed by atoms with E-state index in [0.717, 1.165) is 16.9 Å². The second-order valence-corrected chi connectivity index (χ2v) is 5.00. The Labute approximate surface area is 141 Å². The molecule has 0 fully saturated rings. The lowest BCUT2D eigenvalue weighted by Gasteiger charge is -2.10. The molecule has 0 amide bonds. The number of rotatable bonds is 5. The van der Waals surface area contributed by atoms with Crippen LogP contribution in [0.5, 0.6) is 11.5 Å². The van der Waals surface area contributed by atoms with Gasteiger partial charge in [-0.2, -0.15) is 0 Å². The number of aromatic nitrogens is 2. The van der Waals surface area contributed by atoms with Gasteiger partial charge in [-0.15, -0.1) is 0 Å². The summed E-state index contributed by atoms with van der Waals surface area (Å²) in [5.41, 5.74) is 3.83. The Balaban J connectivity index is 0.00000100. The van der Waals surface area contributed by atoms with Gasteiger partial charge in [0.2, 0.25) is 0 Å². The standard InChI is InChI=1S/C17H17FN2O2.C2H6/c1-12-3-6-17-19-14(11-20(17)10-12)13-4-5-15(22-8-7-18)16(9-13)21-2;1-2/h3-6,9-11H,7-8H2,1-2H3;1-2H3. The van der Waals surface area contributed by atoms with Crippen molar-refractivity contribution >= 4 is 5.65 Å². The molecule has 2 heterocycles. The zero-order chi connectivity index (χ0) is 17.5. The first-order valence-corrected chi connectivity index (χ1v) is 8.04. The summed E-state index contributed by atoms with van der Waals surface area (Å²) in [5.74, 6) is 1.10. The second kappa shape index (κ2) is 8.34. The maximum Gasteiger partial charge on any atom is 0.161 e. The maximum atomic E-state index is 12.2. The molecule has 0 unspecified atom stereocenters. The Bertz CT molecular complexity index is 799. The Hall–Kier alpha value is -2.56. The van der Waals surface area contributed by atoms with E-state index in [1.807, 2.05) is 61.8 Å². The minimum atomic E-state index is -0.531. The molecule has 0 atom stereocenters. The van der Waals surface area contributed by atoms with Crippen molar-refractivity contribution in [2.75, 3.05) is 20.4 Å². The Morgan fingerprint density at radius 3 is 2.58 bits per heavy atom. The Kier molecular flexibility index (Phi) is 6.18. The van der Waals surface area contributed by atoms with E-state index in [1.165, 1.54) is 5.56 Å². The maximum absolute atomic E-state index is 12.2. The second-order valence-electron chi connectivity index (χ2n) is 5.00. The molecule has 3 aromatic rings. The average Bonchev–Trinajstić information content (AvgIpc) is 3.04. The first-order valence-electron chi connectivity index (χ1n) is 8.04. The van der Waals surface area contributed by atoms with E-state index in [2.05, 4.69) is 4.98 Å². The number of fused-ring (bicyclic) bond motifs is 1. The third-order valence-electron chi connectivity index (χ3n) is 3.39. The fourth-order valence-corrected chi connectivity index (χ4v) is 2.34. The summed E-state index contributed by atoms with van der Waals surface area (Å²) in [6.07, 6.45) is 4.00. The number of hydrogen-bond donors (Lipinski definition) is 0. The van der Waals surface area contributed by atoms with Crippen LogP contribution in [-0.4, -0.2) is 29.8 Å². The van der Waals surface area contributed by atoms with Crippen LogP contribution in [0.1, 0.15) is 19.4 Å². The van der Waals surface area contributed by atoms with Gasteiger partial charge in [-0.1, -0.05) is 19.9 Å². The summed E-state index contributed by atoms with van der Waals surface area (Å²) >= 11 is 0. The number of imidazole rings is 1. The van der Waals surface area contributed by atoms with Crippen molar-refractivity contribution in [1.82, 2.24) is 9.38 Å². The fraction of sp³-hybridized carbons (Fsp3) is 0.316. The van der Waals surface area contributed by atoms with Crippen LogP contribution < -0.4 is 9.47 Å². The number of pyridine rings is 1. The highest BCUT2D eigenvalue weighted by atomic mass is 19.1. The minimum absolute atomic E-state index is 0.0172. The molecule has 0 aliphatic carbocycles. The highest BCUT2D eigenvalue weighted by Crippen LogP contribution is 2.32. The molecule has 4 nitrogen and oxygen atoms in total. The normalized spacial score (nSPS) is 10.2. The summed E-state index contributed by atoms with van der Waals surface area (Å²) in [7, 11) is 1.56. The van der Waals surface area contributed by atoms with E-state index in [-0.39, 0.29) is 6.61 Å². The minimum Gasteiger partial charge on any atom is -0.493 e. The molecule has 3 rings (SSSR count). The molecular formula is C19H23FN2O2. The summed E-state index contributed by atoms with van der Waals surface area (Å²) in [6, 6.07) is 9.53. The summed E-state index contributed by atoms with van der Waals surface area (Å²) in [5, 5.41) is 0. The van der Waals surface area contributed by atoms with Crippen molar-refractivity contribution in [1.29, 1.82) is 0 Å². The number of hydrogen-bond acceptors (Lipinski definition) is 3. The molecule has 24 heavy (non-hydrogen) atoms. The van der Waals surface area contributed by atoms with Crippen LogP contribution in [0.3, 0.4) is 0 Å². The summed E-state index contributed by atoms with van der Waals surface area (Å²) < 4.78 is 24.9. The predicted molar refractivity (Wildman–Crippen MR) is 94.7 cm³/mol. The van der Waals surface area contributed by atoms with Crippen LogP contribution in [-0.2, 0) is 0 Å². The third-order valence-corrected chi connectivity index (χ3v) is 3.39. The van der Waals surface area contributed by atoms with Gasteiger partial charge in [0, 0.05) is 18.0 Å². The van der Waals surface area contributed by atoms with Crippen molar-refractivity contribution in [3.05, 3.63) is 48.3 Å². The van der Waals surface area contributed by atoms with Crippen molar-refractivity contribution in [3.63, 3.8) is 0 Å². The summed E-state index contributed by atoms with van der Waals surface area (Å²) in [4.78, 5) is 4.60. The van der Waals surface area contributed by atoms with Gasteiger partial charge in [0.05, 0.1) is 12.8 Å². The zero-order valence-electron chi connectivity index (χ0n) is 14.5. The third kappa shape index (κ3) is 3.85. The monoisotopic (exact) mass is 330 g/mol. The number of benzene rings is 1. The van der Waals surface area contributed by atoms with E-state index in [4.69, 9.17) is 9.47 Å². The summed E-state index contributed by atoms with van der Waals surface area (Å²) in [6.45, 7) is 5.53. The van der Waals surface area contributed by atoms with Gasteiger partial charge >= 0.3 is 0 Å². The van der Waals surface area contributed by atoms with E-state index < -0.39 is 6.67 Å². The van der Waals surface area contributed by atoms with Crippen LogP contribution in [0.2, 0.25) is 0 Å². The van der Waals surface area contributed by atoms with Gasteiger partial charge in [-0.3, -0.25) is 0 Å². The molecule has 0 saturated carbocycles. The predicted octanol–water partition coefficient (Wildman–Crippen LogP) is 4.69. The molecule has 5 heteroatoms. The Morgan fingerprint density at radius 1 is 1.08 bits per heavy atom. The lowest BCUT2D eigenvalue weighted by atomic mass is 10.1. The largest absolute Gasteiger partial charge is 0.493 e. The van der Waals surface area contributed by atoms with E-state index in [0.29, 0.717) is 11.5 Å². The van der Waals surface area contributed by atoms with Crippen LogP contribution in [0.15, 0.2) is 42.7 Å². The van der Waals surface area contributed by atoms with E-state index in [1.54, 1.807) is 13.2 Å². The number of aryl methyl sites for hydroxylation is 1. The molecule has 0 saturated heterocycles. The van der Waals surface area contributed by atoms with Gasteiger partial charge in [0.15, 0.2) is 11.5 Å². The molecule has 0 spiro atoms.